The highest BCUT2D eigenvalue weighted by molar-refractivity contribution is 5.95. The number of methoxy groups -OCH3 is 2. The fraction of sp³-hybridized carbons (Fsp3) is 0.500. The van der Waals surface area contributed by atoms with Crippen LogP contribution in [0.15, 0.2) is 24.4 Å². The molecule has 1 aliphatic rings. The first-order chi connectivity index (χ1) is 12.6. The van der Waals surface area contributed by atoms with Crippen molar-refractivity contribution in [2.75, 3.05) is 27.3 Å². The quantitative estimate of drug-likeness (QED) is 0.796. The summed E-state index contributed by atoms with van der Waals surface area (Å²) in [4.78, 5) is 14.9. The first kappa shape index (κ1) is 18.3. The first-order valence-corrected chi connectivity index (χ1v) is 9.13. The molecule has 1 aromatic heterocycles. The number of carbonyl (C=O) groups is 1. The smallest absolute Gasteiger partial charge is 0.257 e. The summed E-state index contributed by atoms with van der Waals surface area (Å²) in [6.07, 6.45) is 3.61. The molecule has 0 aliphatic carbocycles. The Morgan fingerprint density at radius 1 is 1.31 bits per heavy atom. The number of para-hydroxylation sites is 1. The van der Waals surface area contributed by atoms with Crippen molar-refractivity contribution in [2.45, 2.75) is 39.2 Å². The summed E-state index contributed by atoms with van der Waals surface area (Å²) < 4.78 is 12.9. The highest BCUT2D eigenvalue weighted by Crippen LogP contribution is 2.39. The summed E-state index contributed by atoms with van der Waals surface area (Å²) in [6, 6.07) is 5.93. The molecule has 0 unspecified atom stereocenters. The average molecular weight is 357 g/mol. The molecule has 0 bridgehead atoms. The third kappa shape index (κ3) is 3.28. The third-order valence-electron chi connectivity index (χ3n) is 5.12. The molecule has 1 atom stereocenters. The van der Waals surface area contributed by atoms with Gasteiger partial charge in [-0.1, -0.05) is 19.1 Å². The Kier molecular flexibility index (Phi) is 5.49. The molecule has 0 radical (unpaired) electrons. The van der Waals surface area contributed by atoms with E-state index in [0.717, 1.165) is 48.7 Å². The molecular weight excluding hydrogens is 330 g/mol. The van der Waals surface area contributed by atoms with Crippen LogP contribution in [0, 0.1) is 6.92 Å². The lowest BCUT2D eigenvalue weighted by Gasteiger charge is -2.19. The maximum Gasteiger partial charge on any atom is 0.257 e. The lowest BCUT2D eigenvalue weighted by Crippen LogP contribution is -2.29. The Bertz CT molecular complexity index is 785. The van der Waals surface area contributed by atoms with Crippen LogP contribution in [-0.2, 0) is 6.54 Å². The van der Waals surface area contributed by atoms with E-state index in [4.69, 9.17) is 9.47 Å². The third-order valence-corrected chi connectivity index (χ3v) is 5.12. The molecule has 0 spiro atoms. The number of nitrogens with zero attached hydrogens (tertiary/aromatic N) is 3. The number of benzene rings is 1. The van der Waals surface area contributed by atoms with E-state index in [0.29, 0.717) is 12.1 Å². The van der Waals surface area contributed by atoms with E-state index in [1.165, 1.54) is 0 Å². The number of likely N-dealkylation sites (tertiary alicyclic amines) is 1. The minimum atomic E-state index is 0.0641. The Balaban J connectivity index is 1.78. The fourth-order valence-electron chi connectivity index (χ4n) is 3.70. The van der Waals surface area contributed by atoms with Crippen LogP contribution < -0.4 is 9.47 Å². The van der Waals surface area contributed by atoms with Gasteiger partial charge in [-0.3, -0.25) is 9.48 Å². The van der Waals surface area contributed by atoms with E-state index in [1.54, 1.807) is 20.4 Å². The van der Waals surface area contributed by atoms with Gasteiger partial charge in [-0.2, -0.15) is 5.10 Å². The van der Waals surface area contributed by atoms with Crippen molar-refractivity contribution in [3.63, 3.8) is 0 Å². The zero-order valence-corrected chi connectivity index (χ0v) is 16.0. The molecule has 2 aromatic rings. The number of rotatable bonds is 6. The SMILES string of the molecule is CCCn1ncc(C(=O)N2CC[C@@H](c3cccc(OC)c3OC)C2)c1C. The fourth-order valence-corrected chi connectivity index (χ4v) is 3.70. The summed E-state index contributed by atoms with van der Waals surface area (Å²) in [5, 5.41) is 4.36. The predicted molar refractivity (Wildman–Crippen MR) is 100 cm³/mol. The van der Waals surface area contributed by atoms with Crippen LogP contribution in [0.25, 0.3) is 0 Å². The Morgan fingerprint density at radius 3 is 2.81 bits per heavy atom. The molecular formula is C20H27N3O3. The maximum atomic E-state index is 13.0. The van der Waals surface area contributed by atoms with Gasteiger partial charge < -0.3 is 14.4 Å². The van der Waals surface area contributed by atoms with Gasteiger partial charge in [0.25, 0.3) is 5.91 Å². The van der Waals surface area contributed by atoms with Gasteiger partial charge in [0.15, 0.2) is 11.5 Å². The minimum absolute atomic E-state index is 0.0641. The second-order valence-electron chi connectivity index (χ2n) is 6.69. The van der Waals surface area contributed by atoms with Gasteiger partial charge in [-0.05, 0) is 25.8 Å². The number of hydrogen-bond donors (Lipinski definition) is 0. The molecule has 0 N–H and O–H groups in total. The van der Waals surface area contributed by atoms with Crippen LogP contribution in [0.1, 0.15) is 47.3 Å². The lowest BCUT2D eigenvalue weighted by molar-refractivity contribution is 0.0789. The van der Waals surface area contributed by atoms with Gasteiger partial charge in [0.2, 0.25) is 0 Å². The minimum Gasteiger partial charge on any atom is -0.493 e. The van der Waals surface area contributed by atoms with Crippen LogP contribution in [0.4, 0.5) is 0 Å². The van der Waals surface area contributed by atoms with Crippen molar-refractivity contribution in [2.24, 2.45) is 0 Å². The van der Waals surface area contributed by atoms with Gasteiger partial charge in [-0.15, -0.1) is 0 Å². The summed E-state index contributed by atoms with van der Waals surface area (Å²) >= 11 is 0. The summed E-state index contributed by atoms with van der Waals surface area (Å²) in [5.74, 6) is 1.80. The van der Waals surface area contributed by atoms with Crippen molar-refractivity contribution in [3.8, 4) is 11.5 Å². The monoisotopic (exact) mass is 357 g/mol. The van der Waals surface area contributed by atoms with Crippen LogP contribution in [-0.4, -0.2) is 47.9 Å². The molecule has 1 fully saturated rings. The largest absolute Gasteiger partial charge is 0.493 e. The predicted octanol–water partition coefficient (Wildman–Crippen LogP) is 3.25. The molecule has 3 rings (SSSR count). The number of hydrogen-bond acceptors (Lipinski definition) is 4. The summed E-state index contributed by atoms with van der Waals surface area (Å²) in [7, 11) is 3.30. The maximum absolute atomic E-state index is 13.0. The Morgan fingerprint density at radius 2 is 2.12 bits per heavy atom. The molecule has 6 nitrogen and oxygen atoms in total. The number of amides is 1. The zero-order valence-electron chi connectivity index (χ0n) is 16.0. The van der Waals surface area contributed by atoms with Crippen molar-refractivity contribution in [1.82, 2.24) is 14.7 Å². The van der Waals surface area contributed by atoms with Gasteiger partial charge in [-0.25, -0.2) is 0 Å². The van der Waals surface area contributed by atoms with E-state index in [-0.39, 0.29) is 11.8 Å². The highest BCUT2D eigenvalue weighted by Gasteiger charge is 2.31. The molecule has 2 heterocycles. The highest BCUT2D eigenvalue weighted by atomic mass is 16.5. The Labute approximate surface area is 154 Å². The van der Waals surface area contributed by atoms with Crippen molar-refractivity contribution in [3.05, 3.63) is 41.2 Å². The molecule has 1 aromatic carbocycles. The van der Waals surface area contributed by atoms with Crippen molar-refractivity contribution >= 4 is 5.91 Å². The first-order valence-electron chi connectivity index (χ1n) is 9.13. The van der Waals surface area contributed by atoms with Gasteiger partial charge >= 0.3 is 0 Å². The molecule has 1 aliphatic heterocycles. The molecule has 1 amide bonds. The second kappa shape index (κ2) is 7.81. The van der Waals surface area contributed by atoms with E-state index in [2.05, 4.69) is 18.1 Å². The standard InChI is InChI=1S/C20H27N3O3/c1-5-10-23-14(2)17(12-21-23)20(24)22-11-9-15(13-22)16-7-6-8-18(25-3)19(16)26-4/h6-8,12,15H,5,9-11,13H2,1-4H3/t15-/m1/s1. The number of carbonyl (C=O) groups excluding carboxylic acids is 1. The van der Waals surface area contributed by atoms with Gasteiger partial charge in [0.1, 0.15) is 0 Å². The summed E-state index contributed by atoms with van der Waals surface area (Å²) in [5.41, 5.74) is 2.75. The molecule has 6 heteroatoms. The van der Waals surface area contributed by atoms with Gasteiger partial charge in [0, 0.05) is 36.8 Å². The number of aromatic nitrogens is 2. The topological polar surface area (TPSA) is 56.6 Å². The van der Waals surface area contributed by atoms with E-state index >= 15 is 0 Å². The molecule has 0 saturated carbocycles. The second-order valence-corrected chi connectivity index (χ2v) is 6.69. The van der Waals surface area contributed by atoms with E-state index < -0.39 is 0 Å². The lowest BCUT2D eigenvalue weighted by atomic mass is 9.97. The normalized spacial score (nSPS) is 16.8. The van der Waals surface area contributed by atoms with Crippen LogP contribution >= 0.6 is 0 Å². The van der Waals surface area contributed by atoms with Crippen LogP contribution in [0.2, 0.25) is 0 Å². The van der Waals surface area contributed by atoms with Crippen LogP contribution in [0.5, 0.6) is 11.5 Å². The molecule has 1 saturated heterocycles. The average Bonchev–Trinajstić information content (AvgIpc) is 3.28. The van der Waals surface area contributed by atoms with Crippen molar-refractivity contribution in [1.29, 1.82) is 0 Å². The number of aryl methyl sites for hydroxylation is 1. The van der Waals surface area contributed by atoms with E-state index in [9.17, 15) is 4.79 Å². The van der Waals surface area contributed by atoms with Crippen LogP contribution in [0.3, 0.4) is 0 Å². The molecule has 140 valence electrons. The number of ether oxygens (including phenoxy) is 2. The molecule has 26 heavy (non-hydrogen) atoms. The van der Waals surface area contributed by atoms with Gasteiger partial charge in [0.05, 0.1) is 26.0 Å². The Hall–Kier alpha value is -2.50. The summed E-state index contributed by atoms with van der Waals surface area (Å²) in [6.45, 7) is 6.33. The van der Waals surface area contributed by atoms with E-state index in [1.807, 2.05) is 28.6 Å². The zero-order chi connectivity index (χ0) is 18.7. The van der Waals surface area contributed by atoms with Crippen molar-refractivity contribution < 1.29 is 14.3 Å².